The molecule has 0 radical (unpaired) electrons. The van der Waals surface area contributed by atoms with E-state index in [1.165, 1.54) is 30.9 Å². The summed E-state index contributed by atoms with van der Waals surface area (Å²) in [5.41, 5.74) is 0. The summed E-state index contributed by atoms with van der Waals surface area (Å²) in [6.45, 7) is 2.23. The maximum absolute atomic E-state index is 6.31. The van der Waals surface area contributed by atoms with Crippen LogP contribution in [0.4, 0.5) is 0 Å². The lowest BCUT2D eigenvalue weighted by Crippen LogP contribution is -2.23. The topological polar surface area (TPSA) is 0 Å². The molecule has 0 N–H and O–H groups in total. The lowest BCUT2D eigenvalue weighted by atomic mass is 10.2. The van der Waals surface area contributed by atoms with Crippen molar-refractivity contribution in [3.05, 3.63) is 30.3 Å². The molecule has 0 spiro atoms. The third kappa shape index (κ3) is 4.82. The van der Waals surface area contributed by atoms with E-state index in [0.29, 0.717) is 5.00 Å². The molecule has 0 saturated carbocycles. The van der Waals surface area contributed by atoms with Gasteiger partial charge < -0.3 is 0 Å². The highest BCUT2D eigenvalue weighted by atomic mass is 35.5. The first-order valence-corrected chi connectivity index (χ1v) is 7.47. The number of halogens is 1. The van der Waals surface area contributed by atoms with Gasteiger partial charge in [-0.2, -0.15) is 0 Å². The van der Waals surface area contributed by atoms with Crippen LogP contribution in [0, 0.1) is 0 Å². The number of hydrogen-bond donors (Lipinski definition) is 0. The van der Waals surface area contributed by atoms with Crippen LogP contribution in [-0.2, 0) is 0 Å². The normalized spacial score (nSPS) is 13.6. The number of unbranched alkanes of at least 4 members (excludes halogenated alkanes) is 2. The van der Waals surface area contributed by atoms with Crippen LogP contribution >= 0.6 is 11.6 Å². The Morgan fingerprint density at radius 1 is 1.21 bits per heavy atom. The van der Waals surface area contributed by atoms with Gasteiger partial charge in [0, 0.05) is 5.00 Å². The second-order valence-electron chi connectivity index (χ2n) is 3.78. The number of benzene rings is 1. The first-order valence-electron chi connectivity index (χ1n) is 5.51. The first kappa shape index (κ1) is 11.8. The van der Waals surface area contributed by atoms with Crippen LogP contribution in [0.5, 0.6) is 0 Å². The van der Waals surface area contributed by atoms with E-state index in [1.54, 1.807) is 0 Å². The zero-order chi connectivity index (χ0) is 10.2. The molecule has 1 unspecified atom stereocenters. The maximum atomic E-state index is 6.31. The molecule has 14 heavy (non-hydrogen) atoms. The molecule has 1 rings (SSSR count). The van der Waals surface area contributed by atoms with Crippen molar-refractivity contribution in [1.82, 2.24) is 0 Å². The zero-order valence-corrected chi connectivity index (χ0v) is 11.0. The van der Waals surface area contributed by atoms with E-state index in [1.807, 2.05) is 0 Å². The smallest absolute Gasteiger partial charge is 0.0753 e. The number of hydrogen-bond acceptors (Lipinski definition) is 0. The zero-order valence-electron chi connectivity index (χ0n) is 8.88. The lowest BCUT2D eigenvalue weighted by Gasteiger charge is -2.07. The van der Waals surface area contributed by atoms with Crippen molar-refractivity contribution in [2.45, 2.75) is 37.6 Å². The Labute approximate surface area is 94.5 Å². The van der Waals surface area contributed by atoms with E-state index >= 15 is 0 Å². The van der Waals surface area contributed by atoms with Crippen molar-refractivity contribution in [3.8, 4) is 0 Å². The molecule has 0 bridgehead atoms. The standard InChI is InChI=1S/C12H19ClSi/c1-2-3-5-10-12(13)14-11-8-6-4-7-9-11/h4,6-9,12H,2-3,5,10,14H2,1H3. The molecule has 0 aromatic heterocycles. The van der Waals surface area contributed by atoms with E-state index in [-0.39, 0.29) is 9.52 Å². The molecular formula is C12H19ClSi. The van der Waals surface area contributed by atoms with Crippen molar-refractivity contribution in [3.63, 3.8) is 0 Å². The Kier molecular flexibility index (Phi) is 5.96. The molecule has 0 fully saturated rings. The van der Waals surface area contributed by atoms with Crippen LogP contribution in [0.2, 0.25) is 0 Å². The fraction of sp³-hybridized carbons (Fsp3) is 0.500. The van der Waals surface area contributed by atoms with Gasteiger partial charge in [-0.05, 0) is 6.42 Å². The van der Waals surface area contributed by atoms with Crippen molar-refractivity contribution in [2.75, 3.05) is 0 Å². The molecule has 1 atom stereocenters. The van der Waals surface area contributed by atoms with Crippen LogP contribution in [0.3, 0.4) is 0 Å². The maximum Gasteiger partial charge on any atom is 0.0753 e. The summed E-state index contributed by atoms with van der Waals surface area (Å²) in [7, 11) is -0.250. The van der Waals surface area contributed by atoms with Crippen LogP contribution in [0.1, 0.15) is 32.6 Å². The molecular weight excluding hydrogens is 208 g/mol. The third-order valence-corrected chi connectivity index (χ3v) is 4.90. The largest absolute Gasteiger partial charge is 0.127 e. The van der Waals surface area contributed by atoms with Gasteiger partial charge in [0.15, 0.2) is 0 Å². The molecule has 0 nitrogen and oxygen atoms in total. The van der Waals surface area contributed by atoms with Gasteiger partial charge in [0.05, 0.1) is 9.52 Å². The predicted octanol–water partition coefficient (Wildman–Crippen LogP) is 2.63. The third-order valence-electron chi connectivity index (χ3n) is 2.42. The van der Waals surface area contributed by atoms with Gasteiger partial charge in [0.1, 0.15) is 0 Å². The molecule has 0 aliphatic carbocycles. The average Bonchev–Trinajstić information content (AvgIpc) is 2.20. The van der Waals surface area contributed by atoms with Crippen LogP contribution < -0.4 is 5.19 Å². The fourth-order valence-corrected chi connectivity index (χ4v) is 3.83. The molecule has 1 aromatic carbocycles. The van der Waals surface area contributed by atoms with Crippen LogP contribution in [-0.4, -0.2) is 14.5 Å². The van der Waals surface area contributed by atoms with Gasteiger partial charge in [-0.25, -0.2) is 0 Å². The minimum Gasteiger partial charge on any atom is -0.127 e. The SMILES string of the molecule is CCCCCC(Cl)[SiH2]c1ccccc1. The summed E-state index contributed by atoms with van der Waals surface area (Å²) >= 11 is 6.31. The summed E-state index contributed by atoms with van der Waals surface area (Å²) in [6, 6.07) is 10.7. The second-order valence-corrected chi connectivity index (χ2v) is 7.13. The van der Waals surface area contributed by atoms with E-state index in [4.69, 9.17) is 11.6 Å². The highest BCUT2D eigenvalue weighted by Crippen LogP contribution is 2.07. The summed E-state index contributed by atoms with van der Waals surface area (Å²) in [4.78, 5) is 0. The van der Waals surface area contributed by atoms with Crippen molar-refractivity contribution in [1.29, 1.82) is 0 Å². The minimum absolute atomic E-state index is 0.250. The minimum atomic E-state index is -0.250. The Balaban J connectivity index is 2.23. The van der Waals surface area contributed by atoms with Crippen molar-refractivity contribution < 1.29 is 0 Å². The van der Waals surface area contributed by atoms with Gasteiger partial charge in [-0.1, -0.05) is 61.7 Å². The summed E-state index contributed by atoms with van der Waals surface area (Å²) in [6.07, 6.45) is 5.12. The van der Waals surface area contributed by atoms with Gasteiger partial charge in [-0.3, -0.25) is 0 Å². The number of rotatable bonds is 6. The molecule has 2 heteroatoms. The predicted molar refractivity (Wildman–Crippen MR) is 68.4 cm³/mol. The van der Waals surface area contributed by atoms with E-state index in [9.17, 15) is 0 Å². The Bertz CT molecular complexity index is 235. The Morgan fingerprint density at radius 3 is 2.57 bits per heavy atom. The number of alkyl halides is 1. The van der Waals surface area contributed by atoms with E-state index < -0.39 is 0 Å². The Hall–Kier alpha value is -0.273. The molecule has 0 saturated heterocycles. The molecule has 0 aliphatic heterocycles. The highest BCUT2D eigenvalue weighted by molar-refractivity contribution is 6.64. The quantitative estimate of drug-likeness (QED) is 0.398. The lowest BCUT2D eigenvalue weighted by molar-refractivity contribution is 0.691. The monoisotopic (exact) mass is 226 g/mol. The highest BCUT2D eigenvalue weighted by Gasteiger charge is 2.05. The fourth-order valence-electron chi connectivity index (χ4n) is 1.59. The molecule has 0 amide bonds. The van der Waals surface area contributed by atoms with Crippen molar-refractivity contribution >= 4 is 26.3 Å². The molecule has 0 aliphatic rings. The average molecular weight is 227 g/mol. The summed E-state index contributed by atoms with van der Waals surface area (Å²) < 4.78 is 0. The first-order chi connectivity index (χ1) is 6.83. The molecule has 78 valence electrons. The van der Waals surface area contributed by atoms with Crippen molar-refractivity contribution in [2.24, 2.45) is 0 Å². The van der Waals surface area contributed by atoms with Gasteiger partial charge >= 0.3 is 0 Å². The van der Waals surface area contributed by atoms with E-state index in [0.717, 1.165) is 0 Å². The molecule has 1 aromatic rings. The molecule has 0 heterocycles. The van der Waals surface area contributed by atoms with Crippen LogP contribution in [0.15, 0.2) is 30.3 Å². The summed E-state index contributed by atoms with van der Waals surface area (Å²) in [5.74, 6) is 0. The second kappa shape index (κ2) is 7.08. The van der Waals surface area contributed by atoms with E-state index in [2.05, 4.69) is 37.3 Å². The summed E-state index contributed by atoms with van der Waals surface area (Å²) in [5, 5.41) is 1.94. The van der Waals surface area contributed by atoms with Gasteiger partial charge in [0.2, 0.25) is 0 Å². The Morgan fingerprint density at radius 2 is 1.93 bits per heavy atom. The van der Waals surface area contributed by atoms with Gasteiger partial charge in [0.25, 0.3) is 0 Å². The van der Waals surface area contributed by atoms with Crippen LogP contribution in [0.25, 0.3) is 0 Å². The van der Waals surface area contributed by atoms with Gasteiger partial charge in [-0.15, -0.1) is 11.6 Å².